The van der Waals surface area contributed by atoms with Gasteiger partial charge in [0.2, 0.25) is 11.8 Å². The molecule has 0 aliphatic carbocycles. The van der Waals surface area contributed by atoms with Crippen molar-refractivity contribution in [3.8, 4) is 22.9 Å². The molecule has 2 aromatic heterocycles. The van der Waals surface area contributed by atoms with Crippen LogP contribution in [0.2, 0.25) is 5.02 Å². The molecule has 36 heavy (non-hydrogen) atoms. The van der Waals surface area contributed by atoms with Crippen molar-refractivity contribution in [1.82, 2.24) is 19.9 Å². The topological polar surface area (TPSA) is 126 Å². The maximum atomic E-state index is 11.4. The largest absolute Gasteiger partial charge is 0.465 e. The molecule has 1 fully saturated rings. The van der Waals surface area contributed by atoms with Gasteiger partial charge < -0.3 is 25.8 Å². The number of carboxylic acid groups (broad SMARTS) is 1. The van der Waals surface area contributed by atoms with Gasteiger partial charge in [-0.25, -0.2) is 19.7 Å². The first kappa shape index (κ1) is 23.6. The molecular weight excluding hydrogens is 480 g/mol. The van der Waals surface area contributed by atoms with Crippen molar-refractivity contribution in [2.24, 2.45) is 0 Å². The number of fused-ring (bicyclic) bond motifs is 1. The quantitative estimate of drug-likeness (QED) is 0.300. The molecule has 5 rings (SSSR count). The first-order valence-corrected chi connectivity index (χ1v) is 12.0. The van der Waals surface area contributed by atoms with Gasteiger partial charge in [0.25, 0.3) is 0 Å². The Labute approximate surface area is 212 Å². The van der Waals surface area contributed by atoms with E-state index in [4.69, 9.17) is 22.1 Å². The van der Waals surface area contributed by atoms with Crippen molar-refractivity contribution < 1.29 is 14.6 Å². The number of amides is 1. The lowest BCUT2D eigenvalue weighted by molar-refractivity contribution is 0.132. The second-order valence-corrected chi connectivity index (χ2v) is 9.11. The Bertz CT molecular complexity index is 1450. The first-order valence-electron chi connectivity index (χ1n) is 11.6. The fourth-order valence-corrected chi connectivity index (χ4v) is 4.58. The van der Waals surface area contributed by atoms with Gasteiger partial charge in [0.05, 0.1) is 22.0 Å². The van der Waals surface area contributed by atoms with Crippen LogP contribution < -0.4 is 15.8 Å². The molecule has 9 nitrogen and oxygen atoms in total. The van der Waals surface area contributed by atoms with Crippen LogP contribution in [0.15, 0.2) is 54.9 Å². The third kappa shape index (κ3) is 4.70. The lowest BCUT2D eigenvalue weighted by Crippen LogP contribution is -2.44. The summed E-state index contributed by atoms with van der Waals surface area (Å²) >= 11 is 6.22. The molecule has 4 aromatic rings. The number of hydrogen-bond donors (Lipinski definition) is 3. The number of likely N-dealkylation sites (tertiary alicyclic amines) is 1. The Hall–Kier alpha value is -4.11. The third-order valence-corrected chi connectivity index (χ3v) is 6.59. The second-order valence-electron chi connectivity index (χ2n) is 8.70. The van der Waals surface area contributed by atoms with Gasteiger partial charge >= 0.3 is 6.09 Å². The number of piperidine rings is 1. The zero-order chi connectivity index (χ0) is 25.2. The van der Waals surface area contributed by atoms with Gasteiger partial charge in [0.1, 0.15) is 5.75 Å². The van der Waals surface area contributed by atoms with E-state index in [0.717, 1.165) is 29.2 Å². The van der Waals surface area contributed by atoms with Crippen molar-refractivity contribution in [2.45, 2.75) is 25.8 Å². The monoisotopic (exact) mass is 504 g/mol. The molecule has 0 spiro atoms. The van der Waals surface area contributed by atoms with Crippen molar-refractivity contribution >= 4 is 40.1 Å². The number of aryl methyl sites for hydroxylation is 1. The van der Waals surface area contributed by atoms with Crippen molar-refractivity contribution in [2.75, 3.05) is 24.1 Å². The van der Waals surface area contributed by atoms with Crippen LogP contribution in [0.4, 0.5) is 16.4 Å². The number of nitrogen functional groups attached to an aromatic ring is 1. The summed E-state index contributed by atoms with van der Waals surface area (Å²) in [5, 5.41) is 14.7. The smallest absolute Gasteiger partial charge is 0.407 e. The van der Waals surface area contributed by atoms with Gasteiger partial charge in [-0.2, -0.15) is 0 Å². The van der Waals surface area contributed by atoms with E-state index in [1.54, 1.807) is 24.5 Å². The summed E-state index contributed by atoms with van der Waals surface area (Å²) in [6.07, 6.45) is 4.02. The summed E-state index contributed by atoms with van der Waals surface area (Å²) in [4.78, 5) is 26.3. The Balaban J connectivity index is 1.46. The van der Waals surface area contributed by atoms with E-state index in [1.165, 1.54) is 4.90 Å². The number of rotatable bonds is 5. The average Bonchev–Trinajstić information content (AvgIpc) is 2.88. The van der Waals surface area contributed by atoms with Gasteiger partial charge in [0.15, 0.2) is 0 Å². The number of ether oxygens (including phenoxy) is 1. The summed E-state index contributed by atoms with van der Waals surface area (Å²) < 4.78 is 6.37. The Morgan fingerprint density at radius 3 is 2.83 bits per heavy atom. The fourth-order valence-electron chi connectivity index (χ4n) is 4.41. The zero-order valence-corrected chi connectivity index (χ0v) is 20.4. The summed E-state index contributed by atoms with van der Waals surface area (Å²) in [6.45, 7) is 2.88. The number of nitrogens with one attached hydrogen (secondary N) is 1. The minimum absolute atomic E-state index is 0.0645. The molecular formula is C26H25ClN6O3. The number of pyridine rings is 1. The second kappa shape index (κ2) is 9.87. The van der Waals surface area contributed by atoms with E-state index in [-0.39, 0.29) is 6.04 Å². The van der Waals surface area contributed by atoms with Crippen molar-refractivity contribution in [3.63, 3.8) is 0 Å². The maximum absolute atomic E-state index is 11.4. The van der Waals surface area contributed by atoms with Crippen LogP contribution in [-0.2, 0) is 0 Å². The predicted octanol–water partition coefficient (Wildman–Crippen LogP) is 5.58. The molecule has 1 amide bonds. The summed E-state index contributed by atoms with van der Waals surface area (Å²) in [7, 11) is 0. The fraction of sp³-hybridized carbons (Fsp3) is 0.231. The molecule has 0 radical (unpaired) electrons. The van der Waals surface area contributed by atoms with Crippen molar-refractivity contribution in [3.05, 3.63) is 65.4 Å². The van der Waals surface area contributed by atoms with Crippen LogP contribution in [-0.4, -0.2) is 50.2 Å². The standard InChI is InChI=1S/C26H25ClN6O3/c1-15-6-7-17-18(8-9-20(27)22(17)28)23(15)36-24-19(5-2-11-29-24)21-10-12-30-25(32-21)31-16-4-3-13-33(14-16)26(34)35/h2,5-12,16H,3-4,13-14,28H2,1H3,(H,34,35)(H,30,31,32). The number of anilines is 2. The SMILES string of the molecule is Cc1ccc2c(N)c(Cl)ccc2c1Oc1ncccc1-c1ccnc(NC2CCCN(C(=O)O)C2)n1. The molecule has 2 aromatic carbocycles. The molecule has 1 aliphatic heterocycles. The molecule has 10 heteroatoms. The number of nitrogens with zero attached hydrogens (tertiary/aromatic N) is 4. The number of nitrogens with two attached hydrogens (primary N) is 1. The molecule has 3 heterocycles. The summed E-state index contributed by atoms with van der Waals surface area (Å²) in [6, 6.07) is 12.9. The van der Waals surface area contributed by atoms with Crippen LogP contribution in [0.5, 0.6) is 11.6 Å². The van der Waals surface area contributed by atoms with Crippen molar-refractivity contribution in [1.29, 1.82) is 0 Å². The van der Waals surface area contributed by atoms with Crippen LogP contribution in [0.3, 0.4) is 0 Å². The van der Waals surface area contributed by atoms with Gasteiger partial charge in [-0.1, -0.05) is 23.7 Å². The lowest BCUT2D eigenvalue weighted by Gasteiger charge is -2.31. The molecule has 4 N–H and O–H groups in total. The average molecular weight is 505 g/mol. The van der Waals surface area contributed by atoms with E-state index in [9.17, 15) is 9.90 Å². The normalized spacial score (nSPS) is 15.6. The minimum Gasteiger partial charge on any atom is -0.465 e. The number of benzene rings is 2. The molecule has 0 bridgehead atoms. The highest BCUT2D eigenvalue weighted by atomic mass is 35.5. The highest BCUT2D eigenvalue weighted by Crippen LogP contribution is 2.39. The maximum Gasteiger partial charge on any atom is 0.407 e. The Morgan fingerprint density at radius 2 is 2.00 bits per heavy atom. The molecule has 1 atom stereocenters. The zero-order valence-electron chi connectivity index (χ0n) is 19.6. The highest BCUT2D eigenvalue weighted by molar-refractivity contribution is 6.34. The number of halogens is 1. The van der Waals surface area contributed by atoms with Crippen LogP contribution in [0.25, 0.3) is 22.0 Å². The van der Waals surface area contributed by atoms with E-state index in [2.05, 4.69) is 20.3 Å². The molecule has 1 saturated heterocycles. The highest BCUT2D eigenvalue weighted by Gasteiger charge is 2.24. The van der Waals surface area contributed by atoms with Gasteiger partial charge in [-0.05, 0) is 55.7 Å². The van der Waals surface area contributed by atoms with Crippen LogP contribution in [0.1, 0.15) is 18.4 Å². The number of hydrogen-bond acceptors (Lipinski definition) is 7. The van der Waals surface area contributed by atoms with Crippen LogP contribution >= 0.6 is 11.6 Å². The van der Waals surface area contributed by atoms with Crippen LogP contribution in [0, 0.1) is 6.92 Å². The van der Waals surface area contributed by atoms with E-state index in [0.29, 0.717) is 52.6 Å². The Morgan fingerprint density at radius 1 is 1.17 bits per heavy atom. The predicted molar refractivity (Wildman–Crippen MR) is 140 cm³/mol. The minimum atomic E-state index is -0.916. The van der Waals surface area contributed by atoms with E-state index >= 15 is 0 Å². The summed E-state index contributed by atoms with van der Waals surface area (Å²) in [5.41, 5.74) is 8.94. The molecule has 0 saturated carbocycles. The molecule has 1 unspecified atom stereocenters. The number of carbonyl (C=O) groups is 1. The van der Waals surface area contributed by atoms with Gasteiger partial charge in [-0.3, -0.25) is 0 Å². The third-order valence-electron chi connectivity index (χ3n) is 6.26. The molecule has 184 valence electrons. The van der Waals surface area contributed by atoms with Gasteiger partial charge in [0, 0.05) is 42.3 Å². The lowest BCUT2D eigenvalue weighted by atomic mass is 10.0. The number of aromatic nitrogens is 3. The first-order chi connectivity index (χ1) is 17.4. The Kier molecular flexibility index (Phi) is 6.47. The van der Waals surface area contributed by atoms with E-state index < -0.39 is 6.09 Å². The van der Waals surface area contributed by atoms with Gasteiger partial charge in [-0.15, -0.1) is 0 Å². The summed E-state index contributed by atoms with van der Waals surface area (Å²) in [5.74, 6) is 1.45. The molecule has 1 aliphatic rings. The van der Waals surface area contributed by atoms with E-state index in [1.807, 2.05) is 37.3 Å².